The van der Waals surface area contributed by atoms with Gasteiger partial charge in [0, 0.05) is 13.6 Å². The lowest BCUT2D eigenvalue weighted by Gasteiger charge is -2.32. The number of carbonyl (C=O) groups is 1. The van der Waals surface area contributed by atoms with Crippen LogP contribution in [-0.2, 0) is 11.3 Å². The van der Waals surface area contributed by atoms with Crippen molar-refractivity contribution in [1.82, 2.24) is 10.2 Å². The Balaban J connectivity index is 2.07. The van der Waals surface area contributed by atoms with Gasteiger partial charge in [-0.2, -0.15) is 0 Å². The molecule has 1 amide bonds. The third-order valence-corrected chi connectivity index (χ3v) is 3.99. The van der Waals surface area contributed by atoms with E-state index in [1.807, 2.05) is 6.07 Å². The first-order valence-electron chi connectivity index (χ1n) is 7.32. The van der Waals surface area contributed by atoms with E-state index in [1.165, 1.54) is 12.1 Å². The van der Waals surface area contributed by atoms with Gasteiger partial charge in [0.15, 0.2) is 0 Å². The molecule has 1 fully saturated rings. The fraction of sp³-hybridized carbons (Fsp3) is 0.562. The van der Waals surface area contributed by atoms with Crippen LogP contribution < -0.4 is 5.32 Å². The zero-order valence-corrected chi connectivity index (χ0v) is 12.3. The number of nitrogens with zero attached hydrogens (tertiary/aromatic N) is 1. The predicted molar refractivity (Wildman–Crippen MR) is 77.7 cm³/mol. The van der Waals surface area contributed by atoms with Gasteiger partial charge in [0.25, 0.3) is 0 Å². The van der Waals surface area contributed by atoms with E-state index >= 15 is 0 Å². The van der Waals surface area contributed by atoms with Crippen molar-refractivity contribution in [2.24, 2.45) is 0 Å². The fourth-order valence-corrected chi connectivity index (χ4v) is 3.08. The normalized spacial score (nSPS) is 21.9. The van der Waals surface area contributed by atoms with Gasteiger partial charge in [-0.1, -0.05) is 25.5 Å². The summed E-state index contributed by atoms with van der Waals surface area (Å²) in [5.74, 6) is -0.133. The Morgan fingerprint density at radius 3 is 2.90 bits per heavy atom. The van der Waals surface area contributed by atoms with E-state index in [-0.39, 0.29) is 11.7 Å². The molecule has 0 radical (unpaired) electrons. The van der Waals surface area contributed by atoms with E-state index in [0.29, 0.717) is 6.54 Å². The van der Waals surface area contributed by atoms with E-state index in [2.05, 4.69) is 12.2 Å². The van der Waals surface area contributed by atoms with E-state index in [4.69, 9.17) is 0 Å². The Morgan fingerprint density at radius 1 is 1.50 bits per heavy atom. The van der Waals surface area contributed by atoms with Crippen LogP contribution in [0.5, 0.6) is 0 Å². The summed E-state index contributed by atoms with van der Waals surface area (Å²) < 4.78 is 13.2. The second-order valence-electron chi connectivity index (χ2n) is 5.65. The first-order chi connectivity index (χ1) is 9.57. The molecule has 3 nitrogen and oxygen atoms in total. The Labute approximate surface area is 120 Å². The molecule has 110 valence electrons. The maximum absolute atomic E-state index is 13.2. The van der Waals surface area contributed by atoms with Gasteiger partial charge in [-0.3, -0.25) is 4.79 Å². The van der Waals surface area contributed by atoms with Crippen molar-refractivity contribution >= 4 is 5.91 Å². The van der Waals surface area contributed by atoms with Crippen LogP contribution in [0.25, 0.3) is 0 Å². The summed E-state index contributed by atoms with van der Waals surface area (Å²) in [6, 6.07) is 6.43. The predicted octanol–water partition coefficient (Wildman–Crippen LogP) is 2.71. The molecule has 1 unspecified atom stereocenters. The minimum absolute atomic E-state index is 0.126. The standard InChI is InChI=1S/C16H23FN2O/c1-3-8-16(9-5-10-18-16)15(20)19(2)12-13-6-4-7-14(17)11-13/h4,6-7,11,18H,3,5,8-10,12H2,1-2H3. The average Bonchev–Trinajstić information content (AvgIpc) is 2.88. The molecule has 1 N–H and O–H groups in total. The quantitative estimate of drug-likeness (QED) is 0.898. The van der Waals surface area contributed by atoms with Crippen LogP contribution in [0.1, 0.15) is 38.2 Å². The Hall–Kier alpha value is -1.42. The van der Waals surface area contributed by atoms with Crippen molar-refractivity contribution in [3.63, 3.8) is 0 Å². The smallest absolute Gasteiger partial charge is 0.242 e. The highest BCUT2D eigenvalue weighted by molar-refractivity contribution is 5.86. The Bertz CT molecular complexity index is 469. The number of hydrogen-bond donors (Lipinski definition) is 1. The summed E-state index contributed by atoms with van der Waals surface area (Å²) in [5.41, 5.74) is 0.419. The average molecular weight is 278 g/mol. The fourth-order valence-electron chi connectivity index (χ4n) is 3.08. The molecule has 20 heavy (non-hydrogen) atoms. The van der Waals surface area contributed by atoms with Gasteiger partial charge in [-0.25, -0.2) is 4.39 Å². The second kappa shape index (κ2) is 6.35. The van der Waals surface area contributed by atoms with Crippen molar-refractivity contribution < 1.29 is 9.18 Å². The molecule has 1 atom stereocenters. The van der Waals surface area contributed by atoms with E-state index < -0.39 is 5.54 Å². The lowest BCUT2D eigenvalue weighted by Crippen LogP contribution is -2.53. The lowest BCUT2D eigenvalue weighted by atomic mass is 9.90. The zero-order chi connectivity index (χ0) is 14.6. The van der Waals surface area contributed by atoms with Crippen LogP contribution in [0.2, 0.25) is 0 Å². The zero-order valence-electron chi connectivity index (χ0n) is 12.3. The number of hydrogen-bond acceptors (Lipinski definition) is 2. The summed E-state index contributed by atoms with van der Waals surface area (Å²) in [7, 11) is 1.80. The number of nitrogens with one attached hydrogen (secondary N) is 1. The summed E-state index contributed by atoms with van der Waals surface area (Å²) in [6.45, 7) is 3.45. The molecule has 0 saturated carbocycles. The molecule has 1 aliphatic heterocycles. The summed E-state index contributed by atoms with van der Waals surface area (Å²) >= 11 is 0. The van der Waals surface area contributed by atoms with E-state index in [0.717, 1.165) is 37.8 Å². The van der Waals surface area contributed by atoms with Crippen molar-refractivity contribution in [2.75, 3.05) is 13.6 Å². The highest BCUT2D eigenvalue weighted by Gasteiger charge is 2.41. The highest BCUT2D eigenvalue weighted by atomic mass is 19.1. The van der Waals surface area contributed by atoms with Crippen LogP contribution in [0.4, 0.5) is 4.39 Å². The highest BCUT2D eigenvalue weighted by Crippen LogP contribution is 2.27. The molecule has 1 aliphatic rings. The third-order valence-electron chi connectivity index (χ3n) is 3.99. The number of halogens is 1. The van der Waals surface area contributed by atoms with E-state index in [9.17, 15) is 9.18 Å². The van der Waals surface area contributed by atoms with Crippen molar-refractivity contribution in [2.45, 2.75) is 44.7 Å². The molecule has 1 aromatic rings. The van der Waals surface area contributed by atoms with Crippen LogP contribution in [0.3, 0.4) is 0 Å². The van der Waals surface area contributed by atoms with Gasteiger partial charge in [-0.15, -0.1) is 0 Å². The molecule has 1 aromatic carbocycles. The first kappa shape index (κ1) is 15.0. The van der Waals surface area contributed by atoms with Gasteiger partial charge < -0.3 is 10.2 Å². The maximum atomic E-state index is 13.2. The maximum Gasteiger partial charge on any atom is 0.242 e. The first-order valence-corrected chi connectivity index (χ1v) is 7.32. The number of likely N-dealkylation sites (N-methyl/N-ethyl adjacent to an activating group) is 1. The van der Waals surface area contributed by atoms with Crippen LogP contribution in [-0.4, -0.2) is 29.9 Å². The van der Waals surface area contributed by atoms with Crippen molar-refractivity contribution in [1.29, 1.82) is 0 Å². The number of benzene rings is 1. The topological polar surface area (TPSA) is 32.3 Å². The minimum atomic E-state index is -0.406. The Morgan fingerprint density at radius 2 is 2.30 bits per heavy atom. The lowest BCUT2D eigenvalue weighted by molar-refractivity contribution is -0.137. The minimum Gasteiger partial charge on any atom is -0.340 e. The van der Waals surface area contributed by atoms with Crippen LogP contribution >= 0.6 is 0 Å². The van der Waals surface area contributed by atoms with Crippen LogP contribution in [0, 0.1) is 5.82 Å². The van der Waals surface area contributed by atoms with E-state index in [1.54, 1.807) is 18.0 Å². The summed E-state index contributed by atoms with van der Waals surface area (Å²) in [4.78, 5) is 14.4. The van der Waals surface area contributed by atoms with Crippen molar-refractivity contribution in [3.8, 4) is 0 Å². The molecule has 4 heteroatoms. The molecule has 2 rings (SSSR count). The van der Waals surface area contributed by atoms with Gasteiger partial charge in [0.05, 0.1) is 5.54 Å². The molecule has 0 spiro atoms. The van der Waals surface area contributed by atoms with Crippen molar-refractivity contribution in [3.05, 3.63) is 35.6 Å². The molecule has 0 aliphatic carbocycles. The molecular weight excluding hydrogens is 255 g/mol. The van der Waals surface area contributed by atoms with Crippen LogP contribution in [0.15, 0.2) is 24.3 Å². The number of carbonyl (C=O) groups excluding carboxylic acids is 1. The number of rotatable bonds is 5. The molecule has 0 aromatic heterocycles. The van der Waals surface area contributed by atoms with Gasteiger partial charge in [0.1, 0.15) is 5.82 Å². The summed E-state index contributed by atoms with van der Waals surface area (Å²) in [5, 5.41) is 3.38. The summed E-state index contributed by atoms with van der Waals surface area (Å²) in [6.07, 6.45) is 3.78. The SMILES string of the molecule is CCCC1(C(=O)N(C)Cc2cccc(F)c2)CCCN1. The Kier molecular flexibility index (Phi) is 4.76. The van der Waals surface area contributed by atoms with Gasteiger partial charge in [-0.05, 0) is 43.5 Å². The molecule has 1 saturated heterocycles. The van der Waals surface area contributed by atoms with Gasteiger partial charge >= 0.3 is 0 Å². The molecule has 0 bridgehead atoms. The molecule has 1 heterocycles. The monoisotopic (exact) mass is 278 g/mol. The molecular formula is C16H23FN2O. The second-order valence-corrected chi connectivity index (χ2v) is 5.65. The third kappa shape index (κ3) is 3.18. The largest absolute Gasteiger partial charge is 0.340 e. The number of amides is 1. The van der Waals surface area contributed by atoms with Gasteiger partial charge in [0.2, 0.25) is 5.91 Å².